The zero-order chi connectivity index (χ0) is 44.4. The number of carbonyl (C=O) groups is 4. The Hall–Kier alpha value is -6.12. The molecule has 6 atom stereocenters. The van der Waals surface area contributed by atoms with Gasteiger partial charge in [0.15, 0.2) is 0 Å². The van der Waals surface area contributed by atoms with Gasteiger partial charge in [-0.25, -0.2) is 4.79 Å². The standard InChI is InChI=1S/C49H54N2O11/c1-31(53)43(46(57)50-37(30-52)26-27-42(55)61-48(2,3)4)51-45(56)34-28-40(59-47(58)38-24-13-11-16-32(38)18-15-19-33-17-12-14-25-39(33)54)44-41(29-34)60-49(62-44,35-20-7-5-8-21-35)36-22-9-6-10-23-36/h5-18,20-25,29,31,37,40-41,43-44,52-54H,19,26-28,30H2,1-4H3,(H,50,57)(H,51,56)/t31-,37-,40+,41+,43+,44-/m0/s1. The maximum Gasteiger partial charge on any atom is 0.339 e. The summed E-state index contributed by atoms with van der Waals surface area (Å²) in [6, 6.07) is 30.1. The molecule has 0 unspecified atom stereocenters. The van der Waals surface area contributed by atoms with Crippen molar-refractivity contribution in [2.24, 2.45) is 0 Å². The molecule has 5 N–H and O–H groups in total. The Balaban J connectivity index is 1.27. The number of fused-ring (bicyclic) bond motifs is 1. The van der Waals surface area contributed by atoms with Crippen LogP contribution in [0.4, 0.5) is 0 Å². The average Bonchev–Trinajstić information content (AvgIpc) is 3.66. The van der Waals surface area contributed by atoms with Crippen molar-refractivity contribution in [2.45, 2.75) is 101 Å². The molecule has 13 heteroatoms. The van der Waals surface area contributed by atoms with Crippen LogP contribution in [0.3, 0.4) is 0 Å². The number of para-hydroxylation sites is 1. The molecule has 0 bridgehead atoms. The molecule has 13 nitrogen and oxygen atoms in total. The predicted molar refractivity (Wildman–Crippen MR) is 230 cm³/mol. The number of phenols is 1. The van der Waals surface area contributed by atoms with Crippen molar-refractivity contribution in [1.82, 2.24) is 10.6 Å². The van der Waals surface area contributed by atoms with Crippen molar-refractivity contribution in [3.63, 3.8) is 0 Å². The van der Waals surface area contributed by atoms with E-state index in [-0.39, 0.29) is 36.1 Å². The molecule has 1 heterocycles. The minimum atomic E-state index is -1.47. The van der Waals surface area contributed by atoms with E-state index in [0.717, 1.165) is 5.56 Å². The molecule has 0 radical (unpaired) electrons. The monoisotopic (exact) mass is 846 g/mol. The fourth-order valence-corrected chi connectivity index (χ4v) is 7.44. The molecule has 1 fully saturated rings. The summed E-state index contributed by atoms with van der Waals surface area (Å²) in [5, 5.41) is 36.2. The summed E-state index contributed by atoms with van der Waals surface area (Å²) < 4.78 is 25.3. The zero-order valence-corrected chi connectivity index (χ0v) is 35.2. The molecular formula is C49H54N2O11. The smallest absolute Gasteiger partial charge is 0.339 e. The number of aromatic hydroxyl groups is 1. The Morgan fingerprint density at radius 2 is 1.50 bits per heavy atom. The number of rotatable bonds is 16. The molecule has 326 valence electrons. The SMILES string of the molecule is C[C@H](O)[C@@H](NC(=O)C1=C[C@H]2OC(c3ccccc3)(c3ccccc3)O[C@H]2[C@H](OC(=O)c2ccccc2C=CCc2ccccc2O)C1)C(=O)N[C@H](CO)CCC(=O)OC(C)(C)C. The molecule has 1 saturated heterocycles. The van der Waals surface area contributed by atoms with E-state index in [0.29, 0.717) is 23.1 Å². The number of amides is 2. The van der Waals surface area contributed by atoms with Gasteiger partial charge in [-0.2, -0.15) is 0 Å². The maximum atomic E-state index is 14.2. The lowest BCUT2D eigenvalue weighted by molar-refractivity contribution is -0.157. The van der Waals surface area contributed by atoms with Crippen LogP contribution in [0.2, 0.25) is 0 Å². The summed E-state index contributed by atoms with van der Waals surface area (Å²) in [5.41, 5.74) is 2.28. The van der Waals surface area contributed by atoms with Gasteiger partial charge in [0.2, 0.25) is 17.6 Å². The van der Waals surface area contributed by atoms with Crippen molar-refractivity contribution in [1.29, 1.82) is 0 Å². The van der Waals surface area contributed by atoms with Gasteiger partial charge in [-0.05, 0) is 69.9 Å². The molecule has 4 aromatic rings. The van der Waals surface area contributed by atoms with E-state index in [1.165, 1.54) is 6.92 Å². The molecule has 1 aliphatic carbocycles. The van der Waals surface area contributed by atoms with E-state index < -0.39 is 78.2 Å². The van der Waals surface area contributed by atoms with Crippen LogP contribution in [0.1, 0.15) is 79.6 Å². The zero-order valence-electron chi connectivity index (χ0n) is 35.2. The van der Waals surface area contributed by atoms with E-state index in [9.17, 15) is 34.5 Å². The normalized spacial score (nSPS) is 19.6. The minimum absolute atomic E-state index is 0.0519. The lowest BCUT2D eigenvalue weighted by atomic mass is 9.91. The maximum absolute atomic E-state index is 14.2. The number of ether oxygens (including phenoxy) is 4. The highest BCUT2D eigenvalue weighted by atomic mass is 16.8. The van der Waals surface area contributed by atoms with Crippen molar-refractivity contribution in [3.05, 3.63) is 155 Å². The number of hydrogen-bond acceptors (Lipinski definition) is 11. The highest BCUT2D eigenvalue weighted by Crippen LogP contribution is 2.47. The van der Waals surface area contributed by atoms with Crippen LogP contribution < -0.4 is 10.6 Å². The third-order valence-electron chi connectivity index (χ3n) is 10.5. The van der Waals surface area contributed by atoms with Crippen LogP contribution in [0, 0.1) is 0 Å². The second-order valence-electron chi connectivity index (χ2n) is 16.4. The highest BCUT2D eigenvalue weighted by Gasteiger charge is 2.55. The molecule has 2 aliphatic rings. The van der Waals surface area contributed by atoms with Crippen LogP contribution in [0.25, 0.3) is 6.08 Å². The van der Waals surface area contributed by atoms with Gasteiger partial charge < -0.3 is 44.9 Å². The van der Waals surface area contributed by atoms with Crippen LogP contribution in [-0.4, -0.2) is 87.8 Å². The third kappa shape index (κ3) is 11.2. The van der Waals surface area contributed by atoms with Gasteiger partial charge in [-0.15, -0.1) is 0 Å². The topological polar surface area (TPSA) is 190 Å². The number of phenolic OH excluding ortho intramolecular Hbond substituents is 1. The number of hydrogen-bond donors (Lipinski definition) is 5. The summed E-state index contributed by atoms with van der Waals surface area (Å²) in [4.78, 5) is 54.2. The lowest BCUT2D eigenvalue weighted by Crippen LogP contribution is -2.55. The first-order chi connectivity index (χ1) is 29.7. The first kappa shape index (κ1) is 45.4. The van der Waals surface area contributed by atoms with Crippen LogP contribution in [-0.2, 0) is 45.5 Å². The predicted octanol–water partition coefficient (Wildman–Crippen LogP) is 5.65. The van der Waals surface area contributed by atoms with E-state index in [4.69, 9.17) is 18.9 Å². The number of aliphatic hydroxyl groups is 2. The number of benzene rings is 4. The first-order valence-electron chi connectivity index (χ1n) is 20.7. The van der Waals surface area contributed by atoms with Crippen LogP contribution >= 0.6 is 0 Å². The summed E-state index contributed by atoms with van der Waals surface area (Å²) in [6.07, 6.45) is 1.16. The van der Waals surface area contributed by atoms with Crippen LogP contribution in [0.15, 0.2) is 127 Å². The van der Waals surface area contributed by atoms with E-state index in [1.54, 1.807) is 69.3 Å². The van der Waals surface area contributed by atoms with Crippen LogP contribution in [0.5, 0.6) is 5.75 Å². The molecular weight excluding hydrogens is 793 g/mol. The molecule has 6 rings (SSSR count). The molecule has 0 spiro atoms. The second-order valence-corrected chi connectivity index (χ2v) is 16.4. The first-order valence-corrected chi connectivity index (χ1v) is 20.7. The number of nitrogens with one attached hydrogen (secondary N) is 2. The van der Waals surface area contributed by atoms with Gasteiger partial charge in [0.25, 0.3) is 0 Å². The quantitative estimate of drug-likeness (QED) is 0.0877. The van der Waals surface area contributed by atoms with Gasteiger partial charge in [0.1, 0.15) is 35.7 Å². The summed E-state index contributed by atoms with van der Waals surface area (Å²) in [6.45, 7) is 6.03. The Morgan fingerprint density at radius 1 is 0.871 bits per heavy atom. The Bertz CT molecular complexity index is 2210. The Labute approximate surface area is 361 Å². The number of allylic oxidation sites excluding steroid dienone is 1. The van der Waals surface area contributed by atoms with E-state index in [1.807, 2.05) is 78.9 Å². The fraction of sp³-hybridized carbons (Fsp3) is 0.347. The number of carbonyl (C=O) groups excluding carboxylic acids is 4. The minimum Gasteiger partial charge on any atom is -0.508 e. The molecule has 4 aromatic carbocycles. The van der Waals surface area contributed by atoms with Gasteiger partial charge in [-0.1, -0.05) is 109 Å². The third-order valence-corrected chi connectivity index (χ3v) is 10.5. The van der Waals surface area contributed by atoms with E-state index >= 15 is 0 Å². The average molecular weight is 847 g/mol. The van der Waals surface area contributed by atoms with Gasteiger partial charge in [-0.3, -0.25) is 14.4 Å². The molecule has 1 aliphatic heterocycles. The fourth-order valence-electron chi connectivity index (χ4n) is 7.44. The van der Waals surface area contributed by atoms with E-state index in [2.05, 4.69) is 10.6 Å². The highest BCUT2D eigenvalue weighted by molar-refractivity contribution is 5.98. The van der Waals surface area contributed by atoms with Crippen molar-refractivity contribution in [3.8, 4) is 5.75 Å². The van der Waals surface area contributed by atoms with Crippen molar-refractivity contribution < 1.29 is 53.4 Å². The largest absolute Gasteiger partial charge is 0.508 e. The van der Waals surface area contributed by atoms with Gasteiger partial charge in [0.05, 0.1) is 24.3 Å². The van der Waals surface area contributed by atoms with Crippen molar-refractivity contribution in [2.75, 3.05) is 6.61 Å². The second kappa shape index (κ2) is 20.2. The summed E-state index contributed by atoms with van der Waals surface area (Å²) in [5.74, 6) is -4.00. The number of aliphatic hydroxyl groups excluding tert-OH is 2. The summed E-state index contributed by atoms with van der Waals surface area (Å²) >= 11 is 0. The number of esters is 2. The van der Waals surface area contributed by atoms with Gasteiger partial charge in [0, 0.05) is 29.5 Å². The molecule has 2 amide bonds. The summed E-state index contributed by atoms with van der Waals surface area (Å²) in [7, 11) is 0. The lowest BCUT2D eigenvalue weighted by Gasteiger charge is -2.32. The molecule has 0 saturated carbocycles. The Kier molecular flexibility index (Phi) is 14.8. The molecule has 62 heavy (non-hydrogen) atoms. The molecule has 0 aromatic heterocycles. The Morgan fingerprint density at radius 3 is 2.13 bits per heavy atom. The van der Waals surface area contributed by atoms with Gasteiger partial charge >= 0.3 is 11.9 Å². The van der Waals surface area contributed by atoms with Crippen molar-refractivity contribution >= 4 is 29.8 Å².